The molecule has 6 heteroatoms. The minimum absolute atomic E-state index is 0.706. The Morgan fingerprint density at radius 3 is 1.00 bits per heavy atom. The Labute approximate surface area is 195 Å². The van der Waals surface area contributed by atoms with Crippen molar-refractivity contribution in [3.05, 3.63) is 83.9 Å². The summed E-state index contributed by atoms with van der Waals surface area (Å²) in [5, 5.41) is 0. The lowest BCUT2D eigenvalue weighted by atomic mass is 9.82. The highest BCUT2D eigenvalue weighted by Gasteiger charge is 2.71. The van der Waals surface area contributed by atoms with Crippen LogP contribution in [0.3, 0.4) is 0 Å². The highest BCUT2D eigenvalue weighted by Crippen LogP contribution is 2.57. The van der Waals surface area contributed by atoms with Crippen LogP contribution < -0.4 is 0 Å². The predicted molar refractivity (Wildman–Crippen MR) is 125 cm³/mol. The topological polar surface area (TPSA) is 55.4 Å². The van der Waals surface area contributed by atoms with E-state index in [1.165, 1.54) is 14.2 Å². The van der Waals surface area contributed by atoms with Gasteiger partial charge >= 0.3 is 0 Å². The second-order valence-electron chi connectivity index (χ2n) is 7.71. The second-order valence-corrected chi connectivity index (χ2v) is 7.71. The van der Waals surface area contributed by atoms with Gasteiger partial charge in [0.2, 0.25) is 0 Å². The van der Waals surface area contributed by atoms with Crippen molar-refractivity contribution in [2.45, 2.75) is 17.4 Å². The number of benzene rings is 3. The summed E-state index contributed by atoms with van der Waals surface area (Å²) in [6.07, 6.45) is 0. The molecule has 0 atom stereocenters. The zero-order valence-electron chi connectivity index (χ0n) is 19.9. The first-order chi connectivity index (χ1) is 16.1. The lowest BCUT2D eigenvalue weighted by molar-refractivity contribution is -0.490. The van der Waals surface area contributed by atoms with Crippen LogP contribution in [-0.4, -0.2) is 48.4 Å². The van der Waals surface area contributed by atoms with Gasteiger partial charge in [-0.2, -0.15) is 0 Å². The fourth-order valence-electron chi connectivity index (χ4n) is 5.30. The molecule has 0 radical (unpaired) electrons. The normalized spacial score (nSPS) is 17.6. The van der Waals surface area contributed by atoms with E-state index in [2.05, 4.69) is 12.1 Å². The lowest BCUT2D eigenvalue weighted by Gasteiger charge is -2.54. The Balaban J connectivity index is 2.33. The van der Waals surface area contributed by atoms with Crippen molar-refractivity contribution in [2.24, 2.45) is 0 Å². The van der Waals surface area contributed by atoms with Crippen molar-refractivity contribution in [3.8, 4) is 22.3 Å². The Kier molecular flexibility index (Phi) is 6.42. The van der Waals surface area contributed by atoms with Gasteiger partial charge in [0.1, 0.15) is 0 Å². The molecule has 0 amide bonds. The van der Waals surface area contributed by atoms with E-state index in [1.807, 2.05) is 60.7 Å². The summed E-state index contributed by atoms with van der Waals surface area (Å²) >= 11 is 0. The third-order valence-electron chi connectivity index (χ3n) is 6.66. The van der Waals surface area contributed by atoms with Crippen molar-refractivity contribution >= 4 is 0 Å². The molecule has 0 saturated carbocycles. The highest BCUT2D eigenvalue weighted by atomic mass is 16.8. The summed E-state index contributed by atoms with van der Waals surface area (Å²) in [7, 11) is 9.27. The number of hydrogen-bond acceptors (Lipinski definition) is 6. The van der Waals surface area contributed by atoms with E-state index in [9.17, 15) is 0 Å². The molecule has 0 bridgehead atoms. The minimum Gasteiger partial charge on any atom is -0.345 e. The van der Waals surface area contributed by atoms with E-state index in [1.54, 1.807) is 28.4 Å². The van der Waals surface area contributed by atoms with Crippen LogP contribution in [0.5, 0.6) is 0 Å². The van der Waals surface area contributed by atoms with E-state index >= 15 is 0 Å². The lowest BCUT2D eigenvalue weighted by Crippen LogP contribution is -2.69. The number of hydrogen-bond donors (Lipinski definition) is 0. The van der Waals surface area contributed by atoms with Crippen LogP contribution in [-0.2, 0) is 40.0 Å². The van der Waals surface area contributed by atoms with Crippen LogP contribution in [0.1, 0.15) is 11.1 Å². The molecule has 1 aliphatic carbocycles. The number of methoxy groups -OCH3 is 6. The van der Waals surface area contributed by atoms with Crippen molar-refractivity contribution in [1.82, 2.24) is 0 Å². The quantitative estimate of drug-likeness (QED) is 0.497. The van der Waals surface area contributed by atoms with Crippen LogP contribution in [0.2, 0.25) is 0 Å². The minimum atomic E-state index is -1.73. The average molecular weight is 451 g/mol. The molecule has 0 aliphatic heterocycles. The maximum Gasteiger partial charge on any atom is 0.288 e. The fraction of sp³-hybridized carbons (Fsp3) is 0.333. The molecule has 4 rings (SSSR count). The summed E-state index contributed by atoms with van der Waals surface area (Å²) < 4.78 is 37.2. The molecule has 3 aromatic rings. The maximum atomic E-state index is 6.20. The Morgan fingerprint density at radius 1 is 0.394 bits per heavy atom. The molecule has 0 saturated heterocycles. The van der Waals surface area contributed by atoms with E-state index in [0.29, 0.717) is 11.1 Å². The third-order valence-corrected chi connectivity index (χ3v) is 6.66. The van der Waals surface area contributed by atoms with Gasteiger partial charge < -0.3 is 28.4 Å². The van der Waals surface area contributed by atoms with E-state index in [-0.39, 0.29) is 0 Å². The largest absolute Gasteiger partial charge is 0.345 e. The van der Waals surface area contributed by atoms with Gasteiger partial charge in [-0.1, -0.05) is 72.8 Å². The summed E-state index contributed by atoms with van der Waals surface area (Å²) in [5.74, 6) is -4.92. The standard InChI is InChI=1S/C27H30O6/c1-28-25(29-2)23-17-11-9-15-21(23)19-13-7-8-14-20(19)22-16-10-12-18-24(22)26(30-3,31-4)27(25,32-5)33-6/h7-18H,1-6H3. The molecular formula is C27H30O6. The van der Waals surface area contributed by atoms with Crippen LogP contribution in [0.4, 0.5) is 0 Å². The van der Waals surface area contributed by atoms with Gasteiger partial charge in [-0.25, -0.2) is 0 Å². The zero-order valence-corrected chi connectivity index (χ0v) is 19.9. The molecule has 3 aromatic carbocycles. The number of rotatable bonds is 6. The highest BCUT2D eigenvalue weighted by molar-refractivity contribution is 5.87. The molecule has 174 valence electrons. The van der Waals surface area contributed by atoms with E-state index in [4.69, 9.17) is 28.4 Å². The predicted octanol–water partition coefficient (Wildman–Crippen LogP) is 4.91. The van der Waals surface area contributed by atoms with Crippen molar-refractivity contribution < 1.29 is 28.4 Å². The molecule has 0 heterocycles. The number of fused-ring (bicyclic) bond motifs is 5. The van der Waals surface area contributed by atoms with Crippen molar-refractivity contribution in [3.63, 3.8) is 0 Å². The molecule has 0 unspecified atom stereocenters. The van der Waals surface area contributed by atoms with Gasteiger partial charge in [0, 0.05) is 53.8 Å². The first-order valence-electron chi connectivity index (χ1n) is 10.7. The maximum absolute atomic E-state index is 6.20. The summed E-state index contributed by atoms with van der Waals surface area (Å²) in [6, 6.07) is 24.0. The molecule has 6 nitrogen and oxygen atoms in total. The van der Waals surface area contributed by atoms with Gasteiger partial charge in [-0.05, 0) is 22.3 Å². The molecule has 0 aromatic heterocycles. The Bertz CT molecular complexity index is 1030. The molecule has 0 fully saturated rings. The zero-order chi connectivity index (χ0) is 23.7. The number of ether oxygens (including phenoxy) is 6. The molecule has 0 spiro atoms. The Hall–Kier alpha value is -2.58. The van der Waals surface area contributed by atoms with E-state index < -0.39 is 17.4 Å². The monoisotopic (exact) mass is 450 g/mol. The van der Waals surface area contributed by atoms with Crippen LogP contribution >= 0.6 is 0 Å². The summed E-state index contributed by atoms with van der Waals surface area (Å²) in [5.41, 5.74) is 5.24. The smallest absolute Gasteiger partial charge is 0.288 e. The molecule has 0 N–H and O–H groups in total. The SMILES string of the molecule is COC1(OC)c2ccccc2-c2ccccc2-c2ccccc2C(OC)(OC)C1(OC)OC. The molecule has 33 heavy (non-hydrogen) atoms. The first kappa shape index (κ1) is 23.6. The van der Waals surface area contributed by atoms with Crippen LogP contribution in [0, 0.1) is 0 Å². The van der Waals surface area contributed by atoms with Crippen LogP contribution in [0.15, 0.2) is 72.8 Å². The van der Waals surface area contributed by atoms with Crippen molar-refractivity contribution in [1.29, 1.82) is 0 Å². The average Bonchev–Trinajstić information content (AvgIpc) is 2.91. The molecule has 1 aliphatic rings. The van der Waals surface area contributed by atoms with Gasteiger partial charge in [-0.3, -0.25) is 0 Å². The second kappa shape index (κ2) is 8.99. The van der Waals surface area contributed by atoms with Gasteiger partial charge in [0.15, 0.2) is 0 Å². The van der Waals surface area contributed by atoms with Crippen LogP contribution in [0.25, 0.3) is 22.3 Å². The molecular weight excluding hydrogens is 420 g/mol. The van der Waals surface area contributed by atoms with Gasteiger partial charge in [0.05, 0.1) is 0 Å². The Morgan fingerprint density at radius 2 is 0.697 bits per heavy atom. The van der Waals surface area contributed by atoms with Gasteiger partial charge in [-0.15, -0.1) is 0 Å². The summed E-state index contributed by atoms with van der Waals surface area (Å²) in [6.45, 7) is 0. The van der Waals surface area contributed by atoms with E-state index in [0.717, 1.165) is 22.3 Å². The first-order valence-corrected chi connectivity index (χ1v) is 10.7. The van der Waals surface area contributed by atoms with Crippen molar-refractivity contribution in [2.75, 3.05) is 42.7 Å². The fourth-order valence-corrected chi connectivity index (χ4v) is 5.30. The third kappa shape index (κ3) is 2.96. The van der Waals surface area contributed by atoms with Gasteiger partial charge in [0.25, 0.3) is 17.4 Å². The summed E-state index contributed by atoms with van der Waals surface area (Å²) in [4.78, 5) is 0.